The molecule has 2 aromatic heterocycles. The van der Waals surface area contributed by atoms with Crippen LogP contribution in [0.4, 0.5) is 5.82 Å². The molecule has 0 radical (unpaired) electrons. The second-order valence-electron chi connectivity index (χ2n) is 9.95. The summed E-state index contributed by atoms with van der Waals surface area (Å²) in [5.41, 5.74) is 14.3. The van der Waals surface area contributed by atoms with Gasteiger partial charge in [-0.2, -0.15) is 5.48 Å². The van der Waals surface area contributed by atoms with E-state index < -0.39 is 24.9 Å². The largest absolute Gasteiger partial charge is 0.458 e. The maximum absolute atomic E-state index is 12.7. The quantitative estimate of drug-likeness (QED) is 0.200. The molecule has 0 saturated carbocycles. The van der Waals surface area contributed by atoms with Crippen molar-refractivity contribution in [3.63, 3.8) is 0 Å². The van der Waals surface area contributed by atoms with Gasteiger partial charge in [0.15, 0.2) is 11.5 Å². The van der Waals surface area contributed by atoms with Crippen LogP contribution in [-0.2, 0) is 28.8 Å². The number of nitrogens with two attached hydrogens (primary N) is 2. The molecule has 2 heterocycles. The number of nitrogen functional groups attached to an aromatic ring is 1. The second-order valence-corrected chi connectivity index (χ2v) is 11.5. The zero-order valence-corrected chi connectivity index (χ0v) is 22.1. The van der Waals surface area contributed by atoms with Crippen LogP contribution in [0.3, 0.4) is 0 Å². The molecule has 5 N–H and O–H groups in total. The van der Waals surface area contributed by atoms with Crippen molar-refractivity contribution < 1.29 is 23.2 Å². The Labute approximate surface area is 215 Å². The number of nitrogens with zero attached hydrogens (tertiary/aromatic N) is 4. The number of allylic oxidation sites excluding steroid dienone is 1. The number of carbonyl (C=O) groups is 1. The molecule has 0 fully saturated rings. The Morgan fingerprint density at radius 1 is 1.16 bits per heavy atom. The Bertz CT molecular complexity index is 1340. The van der Waals surface area contributed by atoms with E-state index in [-0.39, 0.29) is 18.6 Å². The first-order valence-corrected chi connectivity index (χ1v) is 13.4. The summed E-state index contributed by atoms with van der Waals surface area (Å²) in [4.78, 5) is 31.0. The summed E-state index contributed by atoms with van der Waals surface area (Å²) >= 11 is 0. The van der Waals surface area contributed by atoms with Gasteiger partial charge in [-0.25, -0.2) is 29.8 Å². The van der Waals surface area contributed by atoms with Gasteiger partial charge >= 0.3 is 13.7 Å². The maximum Gasteiger partial charge on any atom is 0.458 e. The molecule has 0 saturated heterocycles. The SMILES string of the molecule is CC(C)(NOC(C)(C)c1ccccc1)C(=O)OP(N)(=O)OC[C@H]1C=C[C@@H](n2cnc3c(N)ncnc32)C1. The van der Waals surface area contributed by atoms with E-state index in [1.165, 1.54) is 20.2 Å². The van der Waals surface area contributed by atoms with Crippen LogP contribution < -0.4 is 16.7 Å². The molecule has 1 aromatic carbocycles. The normalized spacial score (nSPS) is 19.7. The summed E-state index contributed by atoms with van der Waals surface area (Å²) in [6.07, 6.45) is 7.56. The van der Waals surface area contributed by atoms with Gasteiger partial charge in [-0.05, 0) is 39.7 Å². The van der Waals surface area contributed by atoms with E-state index >= 15 is 0 Å². The highest BCUT2D eigenvalue weighted by atomic mass is 31.2. The van der Waals surface area contributed by atoms with Crippen LogP contribution in [0.5, 0.6) is 0 Å². The summed E-state index contributed by atoms with van der Waals surface area (Å²) in [5.74, 6) is -0.675. The molecule has 3 aromatic rings. The molecular formula is C24H32N7O5P. The Morgan fingerprint density at radius 3 is 2.62 bits per heavy atom. The van der Waals surface area contributed by atoms with Crippen LogP contribution in [0.2, 0.25) is 0 Å². The zero-order chi connectivity index (χ0) is 26.8. The first kappa shape index (κ1) is 26.9. The number of fused-ring (bicyclic) bond motifs is 1. The molecule has 0 spiro atoms. The highest BCUT2D eigenvalue weighted by Crippen LogP contribution is 2.42. The lowest BCUT2D eigenvalue weighted by molar-refractivity contribution is -0.161. The molecule has 13 heteroatoms. The summed E-state index contributed by atoms with van der Waals surface area (Å²) < 4.78 is 25.1. The average Bonchev–Trinajstić information content (AvgIpc) is 3.50. The lowest BCUT2D eigenvalue weighted by atomic mass is 9.98. The molecule has 198 valence electrons. The zero-order valence-electron chi connectivity index (χ0n) is 21.2. The number of rotatable bonds is 10. The molecular weight excluding hydrogens is 497 g/mol. The van der Waals surface area contributed by atoms with Gasteiger partial charge in [0.2, 0.25) is 0 Å². The number of hydrogen-bond acceptors (Lipinski definition) is 10. The molecule has 1 aliphatic rings. The van der Waals surface area contributed by atoms with Crippen molar-refractivity contribution in [3.8, 4) is 0 Å². The highest BCUT2D eigenvalue weighted by molar-refractivity contribution is 7.51. The third-order valence-corrected chi connectivity index (χ3v) is 7.04. The molecule has 0 aliphatic heterocycles. The number of carbonyl (C=O) groups excluding carboxylic acids is 1. The highest BCUT2D eigenvalue weighted by Gasteiger charge is 2.38. The molecule has 3 atom stereocenters. The van der Waals surface area contributed by atoms with E-state index in [4.69, 9.17) is 25.1 Å². The average molecular weight is 530 g/mol. The van der Waals surface area contributed by atoms with Crippen LogP contribution in [0.25, 0.3) is 11.2 Å². The number of benzene rings is 1. The van der Waals surface area contributed by atoms with Crippen LogP contribution in [0.15, 0.2) is 55.1 Å². The predicted octanol–water partition coefficient (Wildman–Crippen LogP) is 3.39. The minimum atomic E-state index is -4.18. The van der Waals surface area contributed by atoms with Crippen LogP contribution in [-0.4, -0.2) is 37.6 Å². The fourth-order valence-electron chi connectivity index (χ4n) is 3.85. The van der Waals surface area contributed by atoms with E-state index in [1.807, 2.05) is 60.9 Å². The standard InChI is InChI=1S/C24H32N7O5P/c1-23(2,30-36-24(3,4)17-8-6-5-7-9-17)22(32)35-37(26,33)34-13-16-10-11-18(12-16)31-15-29-19-20(25)27-14-28-21(19)31/h5-11,14-16,18,30H,12-13H2,1-4H3,(H2,26,33)(H2,25,27,28)/t16-,18+,37?/m0/s1. The fourth-order valence-corrected chi connectivity index (χ4v) is 4.76. The monoisotopic (exact) mass is 529 g/mol. The van der Waals surface area contributed by atoms with E-state index in [0.717, 1.165) is 5.56 Å². The van der Waals surface area contributed by atoms with Gasteiger partial charge in [-0.3, -0.25) is 9.36 Å². The second kappa shape index (κ2) is 10.3. The fraction of sp³-hybridized carbons (Fsp3) is 0.417. The molecule has 1 unspecified atom stereocenters. The number of hydroxylamine groups is 1. The van der Waals surface area contributed by atoms with Crippen molar-refractivity contribution in [1.29, 1.82) is 0 Å². The minimum absolute atomic E-state index is 0.00318. The molecule has 0 amide bonds. The summed E-state index contributed by atoms with van der Waals surface area (Å²) in [5, 5.41) is 0. The van der Waals surface area contributed by atoms with Crippen molar-refractivity contribution in [2.45, 2.75) is 51.3 Å². The molecule has 37 heavy (non-hydrogen) atoms. The number of imidazole rings is 1. The number of nitrogens with one attached hydrogen (secondary N) is 1. The van der Waals surface area contributed by atoms with Crippen LogP contribution in [0.1, 0.15) is 45.7 Å². The van der Waals surface area contributed by atoms with Crippen molar-refractivity contribution in [3.05, 3.63) is 60.7 Å². The van der Waals surface area contributed by atoms with Gasteiger partial charge in [-0.15, -0.1) is 0 Å². The van der Waals surface area contributed by atoms with Crippen molar-refractivity contribution in [2.24, 2.45) is 11.4 Å². The van der Waals surface area contributed by atoms with Crippen LogP contribution >= 0.6 is 7.75 Å². The molecule has 4 rings (SSSR count). The Kier molecular flexibility index (Phi) is 7.50. The minimum Gasteiger partial charge on any atom is -0.382 e. The van der Waals surface area contributed by atoms with Crippen molar-refractivity contribution >= 4 is 30.7 Å². The molecule has 0 bridgehead atoms. The molecule has 12 nitrogen and oxygen atoms in total. The predicted molar refractivity (Wildman–Crippen MR) is 138 cm³/mol. The Hall–Kier alpha value is -3.15. The van der Waals surface area contributed by atoms with Crippen molar-refractivity contribution in [1.82, 2.24) is 25.0 Å². The third kappa shape index (κ3) is 6.23. The lowest BCUT2D eigenvalue weighted by Gasteiger charge is -2.31. The van der Waals surface area contributed by atoms with Gasteiger partial charge in [-0.1, -0.05) is 42.5 Å². The van der Waals surface area contributed by atoms with Gasteiger partial charge in [0.25, 0.3) is 0 Å². The van der Waals surface area contributed by atoms with E-state index in [2.05, 4.69) is 20.4 Å². The number of anilines is 1. The summed E-state index contributed by atoms with van der Waals surface area (Å²) in [6, 6.07) is 9.46. The Balaban J connectivity index is 1.29. The van der Waals surface area contributed by atoms with Gasteiger partial charge < -0.3 is 14.8 Å². The van der Waals surface area contributed by atoms with Gasteiger partial charge in [0.05, 0.1) is 19.0 Å². The number of hydrogen-bond donors (Lipinski definition) is 3. The van der Waals surface area contributed by atoms with E-state index in [1.54, 1.807) is 6.33 Å². The van der Waals surface area contributed by atoms with Crippen LogP contribution in [0, 0.1) is 5.92 Å². The third-order valence-electron chi connectivity index (χ3n) is 6.11. The topological polar surface area (TPSA) is 170 Å². The van der Waals surface area contributed by atoms with E-state index in [0.29, 0.717) is 23.4 Å². The first-order chi connectivity index (χ1) is 17.4. The maximum atomic E-state index is 12.7. The van der Waals surface area contributed by atoms with E-state index in [9.17, 15) is 9.36 Å². The molecule has 1 aliphatic carbocycles. The first-order valence-electron chi connectivity index (χ1n) is 11.8. The van der Waals surface area contributed by atoms with Crippen molar-refractivity contribution in [2.75, 3.05) is 12.3 Å². The Morgan fingerprint density at radius 2 is 1.89 bits per heavy atom. The lowest BCUT2D eigenvalue weighted by Crippen LogP contribution is -2.50. The van der Waals surface area contributed by atoms with Gasteiger partial charge in [0.1, 0.15) is 23.0 Å². The number of aromatic nitrogens is 4. The summed E-state index contributed by atoms with van der Waals surface area (Å²) in [6.45, 7) is 6.78. The van der Waals surface area contributed by atoms with Gasteiger partial charge in [0, 0.05) is 5.92 Å². The summed E-state index contributed by atoms with van der Waals surface area (Å²) in [7, 11) is -4.18. The smallest absolute Gasteiger partial charge is 0.382 e.